The van der Waals surface area contributed by atoms with E-state index in [2.05, 4.69) is 26.2 Å². The van der Waals surface area contributed by atoms with E-state index in [1.165, 1.54) is 11.8 Å². The summed E-state index contributed by atoms with van der Waals surface area (Å²) in [4.78, 5) is 23.9. The van der Waals surface area contributed by atoms with Gasteiger partial charge in [-0.1, -0.05) is 43.8 Å². The number of nitrogens with zero attached hydrogens (tertiary/aromatic N) is 4. The van der Waals surface area contributed by atoms with Crippen LogP contribution in [0.15, 0.2) is 29.4 Å². The number of nitrogens with one attached hydrogen (secondary N) is 2. The number of imide groups is 1. The van der Waals surface area contributed by atoms with Gasteiger partial charge < -0.3 is 5.32 Å². The van der Waals surface area contributed by atoms with Crippen molar-refractivity contribution >= 4 is 23.7 Å². The molecule has 1 atom stereocenters. The van der Waals surface area contributed by atoms with Crippen molar-refractivity contribution in [1.29, 1.82) is 0 Å². The number of urea groups is 1. The Kier molecular flexibility index (Phi) is 6.51. The van der Waals surface area contributed by atoms with E-state index >= 15 is 0 Å². The molecule has 3 amide bonds. The fourth-order valence-corrected chi connectivity index (χ4v) is 2.77. The first-order valence-electron chi connectivity index (χ1n) is 7.98. The van der Waals surface area contributed by atoms with Crippen LogP contribution in [0.25, 0.3) is 5.69 Å². The molecule has 0 unspecified atom stereocenters. The number of benzene rings is 1. The second-order valence-electron chi connectivity index (χ2n) is 6.01. The molecule has 1 aromatic carbocycles. The van der Waals surface area contributed by atoms with E-state index in [1.54, 1.807) is 11.6 Å². The number of hydrogen-bond donors (Lipinski definition) is 2. The standard InChI is InChI=1S/C16H22N6O2S/c1-10(2)9-17-15(24)18-14(23)12(4)25-16-19-20-21-22(16)13-8-6-5-7-11(13)3/h5-8,10,12H,9H2,1-4H3,(H2,17,18,23,24)/t12-/m0/s1. The lowest BCUT2D eigenvalue weighted by atomic mass is 10.2. The summed E-state index contributed by atoms with van der Waals surface area (Å²) in [6.45, 7) is 8.12. The van der Waals surface area contributed by atoms with Gasteiger partial charge in [0.05, 0.1) is 10.9 Å². The zero-order valence-corrected chi connectivity index (χ0v) is 15.5. The lowest BCUT2D eigenvalue weighted by Gasteiger charge is -2.13. The first kappa shape index (κ1) is 18.9. The van der Waals surface area contributed by atoms with Crippen LogP contribution in [0.3, 0.4) is 0 Å². The van der Waals surface area contributed by atoms with Gasteiger partial charge in [-0.2, -0.15) is 4.68 Å². The third-order valence-corrected chi connectivity index (χ3v) is 4.38. The fourth-order valence-electron chi connectivity index (χ4n) is 1.97. The van der Waals surface area contributed by atoms with Crippen molar-refractivity contribution in [3.63, 3.8) is 0 Å². The van der Waals surface area contributed by atoms with Crippen LogP contribution in [0.4, 0.5) is 4.79 Å². The topological polar surface area (TPSA) is 102 Å². The molecule has 134 valence electrons. The Bertz CT molecular complexity index is 746. The molecule has 0 spiro atoms. The molecular formula is C16H22N6O2S. The highest BCUT2D eigenvalue weighted by Crippen LogP contribution is 2.24. The Morgan fingerprint density at radius 1 is 1.24 bits per heavy atom. The molecule has 25 heavy (non-hydrogen) atoms. The highest BCUT2D eigenvalue weighted by molar-refractivity contribution is 8.00. The number of carbonyl (C=O) groups excluding carboxylic acids is 2. The largest absolute Gasteiger partial charge is 0.338 e. The first-order chi connectivity index (χ1) is 11.9. The summed E-state index contributed by atoms with van der Waals surface area (Å²) in [6, 6.07) is 7.19. The Morgan fingerprint density at radius 2 is 1.96 bits per heavy atom. The van der Waals surface area contributed by atoms with E-state index in [0.717, 1.165) is 11.3 Å². The number of para-hydroxylation sites is 1. The summed E-state index contributed by atoms with van der Waals surface area (Å²) in [5.74, 6) is -0.0861. The van der Waals surface area contributed by atoms with Crippen LogP contribution in [-0.4, -0.2) is 43.9 Å². The van der Waals surface area contributed by atoms with Crippen molar-refractivity contribution in [2.45, 2.75) is 38.1 Å². The Labute approximate surface area is 150 Å². The maximum atomic E-state index is 12.2. The summed E-state index contributed by atoms with van der Waals surface area (Å²) in [7, 11) is 0. The quantitative estimate of drug-likeness (QED) is 0.762. The minimum Gasteiger partial charge on any atom is -0.338 e. The highest BCUT2D eigenvalue weighted by Gasteiger charge is 2.21. The normalized spacial score (nSPS) is 12.0. The molecule has 0 fully saturated rings. The summed E-state index contributed by atoms with van der Waals surface area (Å²) in [5, 5.41) is 16.6. The van der Waals surface area contributed by atoms with Crippen LogP contribution >= 0.6 is 11.8 Å². The molecule has 0 aliphatic rings. The van der Waals surface area contributed by atoms with Gasteiger partial charge in [0.15, 0.2) is 0 Å². The first-order valence-corrected chi connectivity index (χ1v) is 8.86. The average molecular weight is 362 g/mol. The molecule has 2 rings (SSSR count). The molecule has 0 saturated heterocycles. The lowest BCUT2D eigenvalue weighted by molar-refractivity contribution is -0.119. The predicted molar refractivity (Wildman–Crippen MR) is 95.6 cm³/mol. The van der Waals surface area contributed by atoms with E-state index in [9.17, 15) is 9.59 Å². The number of aryl methyl sites for hydroxylation is 1. The minimum absolute atomic E-state index is 0.311. The van der Waals surface area contributed by atoms with Gasteiger partial charge in [0.2, 0.25) is 11.1 Å². The Balaban J connectivity index is 2.01. The van der Waals surface area contributed by atoms with E-state index < -0.39 is 17.2 Å². The van der Waals surface area contributed by atoms with Gasteiger partial charge in [-0.05, 0) is 41.8 Å². The summed E-state index contributed by atoms with van der Waals surface area (Å²) in [6.07, 6.45) is 0. The second-order valence-corrected chi connectivity index (χ2v) is 7.32. The third-order valence-electron chi connectivity index (χ3n) is 3.34. The summed E-state index contributed by atoms with van der Waals surface area (Å²) in [5.41, 5.74) is 1.86. The maximum Gasteiger partial charge on any atom is 0.321 e. The third kappa shape index (κ3) is 5.28. The molecular weight excluding hydrogens is 340 g/mol. The van der Waals surface area contributed by atoms with Crippen molar-refractivity contribution in [1.82, 2.24) is 30.8 Å². The SMILES string of the molecule is Cc1ccccc1-n1nnnc1S[C@@H](C)C(=O)NC(=O)NCC(C)C. The Morgan fingerprint density at radius 3 is 2.64 bits per heavy atom. The van der Waals surface area contributed by atoms with E-state index in [0.29, 0.717) is 17.6 Å². The van der Waals surface area contributed by atoms with Gasteiger partial charge >= 0.3 is 6.03 Å². The number of tetrazole rings is 1. The van der Waals surface area contributed by atoms with Crippen molar-refractivity contribution in [3.8, 4) is 5.69 Å². The van der Waals surface area contributed by atoms with Crippen molar-refractivity contribution in [3.05, 3.63) is 29.8 Å². The van der Waals surface area contributed by atoms with Gasteiger partial charge in [0.25, 0.3) is 0 Å². The predicted octanol–water partition coefficient (Wildman–Crippen LogP) is 1.93. The van der Waals surface area contributed by atoms with Crippen LogP contribution in [0.5, 0.6) is 0 Å². The van der Waals surface area contributed by atoms with E-state index in [1.807, 2.05) is 45.0 Å². The number of carbonyl (C=O) groups is 2. The molecule has 2 N–H and O–H groups in total. The molecule has 0 radical (unpaired) electrons. The van der Waals surface area contributed by atoms with Crippen LogP contribution in [0.2, 0.25) is 0 Å². The number of amides is 3. The number of hydrogen-bond acceptors (Lipinski definition) is 6. The molecule has 9 heteroatoms. The van der Waals surface area contributed by atoms with Crippen LogP contribution in [0.1, 0.15) is 26.3 Å². The average Bonchev–Trinajstić information content (AvgIpc) is 3.01. The highest BCUT2D eigenvalue weighted by atomic mass is 32.2. The summed E-state index contributed by atoms with van der Waals surface area (Å²) >= 11 is 1.19. The number of aromatic nitrogens is 4. The number of rotatable bonds is 6. The zero-order chi connectivity index (χ0) is 18.4. The second kappa shape index (κ2) is 8.61. The molecule has 0 aliphatic heterocycles. The molecule has 8 nitrogen and oxygen atoms in total. The molecule has 1 heterocycles. The van der Waals surface area contributed by atoms with Crippen LogP contribution in [-0.2, 0) is 4.79 Å². The number of thioether (sulfide) groups is 1. The molecule has 1 aromatic heterocycles. The fraction of sp³-hybridized carbons (Fsp3) is 0.438. The monoisotopic (exact) mass is 362 g/mol. The summed E-state index contributed by atoms with van der Waals surface area (Å²) < 4.78 is 1.59. The van der Waals surface area contributed by atoms with Crippen LogP contribution in [0, 0.1) is 12.8 Å². The minimum atomic E-state index is -0.529. The zero-order valence-electron chi connectivity index (χ0n) is 14.7. The van der Waals surface area contributed by atoms with Crippen molar-refractivity contribution < 1.29 is 9.59 Å². The maximum absolute atomic E-state index is 12.2. The molecule has 2 aromatic rings. The van der Waals surface area contributed by atoms with E-state index in [4.69, 9.17) is 0 Å². The smallest absolute Gasteiger partial charge is 0.321 e. The van der Waals surface area contributed by atoms with Gasteiger partial charge in [0.1, 0.15) is 0 Å². The molecule has 0 saturated carbocycles. The van der Waals surface area contributed by atoms with Crippen LogP contribution < -0.4 is 10.6 Å². The van der Waals surface area contributed by atoms with Gasteiger partial charge in [0, 0.05) is 6.54 Å². The Hall–Kier alpha value is -2.42. The van der Waals surface area contributed by atoms with Gasteiger partial charge in [-0.15, -0.1) is 5.10 Å². The lowest BCUT2D eigenvalue weighted by Crippen LogP contribution is -2.43. The molecule has 0 aliphatic carbocycles. The van der Waals surface area contributed by atoms with E-state index in [-0.39, 0.29) is 0 Å². The van der Waals surface area contributed by atoms with Gasteiger partial charge in [-0.3, -0.25) is 10.1 Å². The molecule has 0 bridgehead atoms. The van der Waals surface area contributed by atoms with Crippen molar-refractivity contribution in [2.24, 2.45) is 5.92 Å². The van der Waals surface area contributed by atoms with Gasteiger partial charge in [-0.25, -0.2) is 4.79 Å². The van der Waals surface area contributed by atoms with Crippen molar-refractivity contribution in [2.75, 3.05) is 6.54 Å².